The molecule has 1 rings (SSSR count). The van der Waals surface area contributed by atoms with Crippen LogP contribution in [-0.4, -0.2) is 44.6 Å². The molecule has 0 aliphatic carbocycles. The van der Waals surface area contributed by atoms with Crippen molar-refractivity contribution in [2.75, 3.05) is 7.05 Å². The van der Waals surface area contributed by atoms with Crippen LogP contribution < -0.4 is 0 Å². The Balaban J connectivity index is 2.90. The van der Waals surface area contributed by atoms with E-state index < -0.39 is 12.0 Å². The smallest absolute Gasteiger partial charge is 0.326 e. The minimum absolute atomic E-state index is 0.346. The van der Waals surface area contributed by atoms with E-state index in [-0.39, 0.29) is 5.91 Å². The Hall–Kier alpha value is -1.50. The molecular formula is C9H13N3O3S. The number of carboxylic acids is 1. The van der Waals surface area contributed by atoms with Gasteiger partial charge in [0.1, 0.15) is 10.9 Å². The third-order valence-electron chi connectivity index (χ3n) is 2.34. The summed E-state index contributed by atoms with van der Waals surface area (Å²) in [5.41, 5.74) is 0.611. The van der Waals surface area contributed by atoms with Gasteiger partial charge in [0.05, 0.1) is 5.69 Å². The van der Waals surface area contributed by atoms with Gasteiger partial charge in [-0.1, -0.05) is 11.4 Å². The van der Waals surface area contributed by atoms with Gasteiger partial charge in [-0.2, -0.15) is 0 Å². The fourth-order valence-corrected chi connectivity index (χ4v) is 1.84. The first-order chi connectivity index (χ1) is 7.49. The minimum atomic E-state index is -1.04. The molecule has 16 heavy (non-hydrogen) atoms. The van der Waals surface area contributed by atoms with Crippen LogP contribution in [0, 0.1) is 0 Å². The highest BCUT2D eigenvalue weighted by atomic mass is 32.1. The van der Waals surface area contributed by atoms with Crippen molar-refractivity contribution in [3.8, 4) is 0 Å². The van der Waals surface area contributed by atoms with Crippen molar-refractivity contribution in [2.24, 2.45) is 0 Å². The molecule has 1 aromatic rings. The van der Waals surface area contributed by atoms with Gasteiger partial charge in [0.15, 0.2) is 0 Å². The first-order valence-electron chi connectivity index (χ1n) is 4.80. The molecule has 1 atom stereocenters. The van der Waals surface area contributed by atoms with E-state index in [0.29, 0.717) is 17.0 Å². The van der Waals surface area contributed by atoms with Gasteiger partial charge >= 0.3 is 5.97 Å². The normalized spacial score (nSPS) is 12.2. The van der Waals surface area contributed by atoms with Gasteiger partial charge in [0.25, 0.3) is 5.91 Å². The van der Waals surface area contributed by atoms with Crippen LogP contribution in [0.2, 0.25) is 0 Å². The average Bonchev–Trinajstić information content (AvgIpc) is 2.73. The third kappa shape index (κ3) is 2.35. The molecule has 0 saturated carbocycles. The molecule has 1 N–H and O–H groups in total. The lowest BCUT2D eigenvalue weighted by Gasteiger charge is -2.20. The van der Waals surface area contributed by atoms with Gasteiger partial charge < -0.3 is 10.0 Å². The van der Waals surface area contributed by atoms with E-state index in [1.807, 2.05) is 6.92 Å². The zero-order chi connectivity index (χ0) is 12.3. The molecule has 0 bridgehead atoms. The van der Waals surface area contributed by atoms with Crippen LogP contribution in [0.15, 0.2) is 0 Å². The zero-order valence-corrected chi connectivity index (χ0v) is 10.1. The summed E-state index contributed by atoms with van der Waals surface area (Å²) in [5, 5.41) is 12.6. The SMILES string of the molecule is CCc1nnsc1C(=O)N(C)C(C)C(=O)O. The number of carbonyl (C=O) groups is 2. The fourth-order valence-electron chi connectivity index (χ4n) is 1.10. The second-order valence-corrected chi connectivity index (χ2v) is 4.09. The van der Waals surface area contributed by atoms with Crippen LogP contribution in [0.5, 0.6) is 0 Å². The predicted molar refractivity (Wildman–Crippen MR) is 58.5 cm³/mol. The van der Waals surface area contributed by atoms with Crippen LogP contribution in [0.4, 0.5) is 0 Å². The van der Waals surface area contributed by atoms with Crippen molar-refractivity contribution in [1.29, 1.82) is 0 Å². The molecule has 0 aromatic carbocycles. The van der Waals surface area contributed by atoms with E-state index in [9.17, 15) is 9.59 Å². The molecule has 1 unspecified atom stereocenters. The molecule has 7 heteroatoms. The van der Waals surface area contributed by atoms with Crippen LogP contribution >= 0.6 is 11.5 Å². The molecule has 6 nitrogen and oxygen atoms in total. The first-order valence-corrected chi connectivity index (χ1v) is 5.57. The minimum Gasteiger partial charge on any atom is -0.480 e. The number of nitrogens with zero attached hydrogens (tertiary/aromatic N) is 3. The second kappa shape index (κ2) is 5.02. The number of aromatic nitrogens is 2. The van der Waals surface area contributed by atoms with Crippen molar-refractivity contribution in [3.05, 3.63) is 10.6 Å². The maximum absolute atomic E-state index is 11.9. The number of rotatable bonds is 4. The van der Waals surface area contributed by atoms with Crippen LogP contribution in [0.3, 0.4) is 0 Å². The predicted octanol–water partition coefficient (Wildman–Crippen LogP) is 0.646. The molecule has 0 spiro atoms. The number of aryl methyl sites for hydroxylation is 1. The molecule has 0 saturated heterocycles. The number of amides is 1. The van der Waals surface area contributed by atoms with E-state index in [1.54, 1.807) is 0 Å². The van der Waals surface area contributed by atoms with Gasteiger partial charge in [-0.05, 0) is 24.9 Å². The lowest BCUT2D eigenvalue weighted by Crippen LogP contribution is -2.40. The van der Waals surface area contributed by atoms with Crippen molar-refractivity contribution < 1.29 is 14.7 Å². The summed E-state index contributed by atoms with van der Waals surface area (Å²) in [6, 6.07) is -0.862. The van der Waals surface area contributed by atoms with Crippen molar-refractivity contribution in [2.45, 2.75) is 26.3 Å². The fraction of sp³-hybridized carbons (Fsp3) is 0.556. The number of hydrogen-bond acceptors (Lipinski definition) is 5. The Bertz CT molecular complexity index is 404. The van der Waals surface area contributed by atoms with E-state index >= 15 is 0 Å². The molecular weight excluding hydrogens is 230 g/mol. The summed E-state index contributed by atoms with van der Waals surface area (Å²) in [7, 11) is 1.46. The van der Waals surface area contributed by atoms with E-state index in [0.717, 1.165) is 11.5 Å². The van der Waals surface area contributed by atoms with Crippen molar-refractivity contribution in [1.82, 2.24) is 14.5 Å². The molecule has 0 aliphatic heterocycles. The Kier molecular flexibility index (Phi) is 3.94. The monoisotopic (exact) mass is 243 g/mol. The van der Waals surface area contributed by atoms with Gasteiger partial charge in [-0.25, -0.2) is 4.79 Å². The third-order valence-corrected chi connectivity index (χ3v) is 3.10. The maximum Gasteiger partial charge on any atom is 0.326 e. The molecule has 0 fully saturated rings. The summed E-state index contributed by atoms with van der Waals surface area (Å²) in [5.74, 6) is -1.38. The molecule has 0 radical (unpaired) electrons. The van der Waals surface area contributed by atoms with Crippen LogP contribution in [0.1, 0.15) is 29.2 Å². The van der Waals surface area contributed by atoms with E-state index in [4.69, 9.17) is 5.11 Å². The topological polar surface area (TPSA) is 83.4 Å². The number of aliphatic carboxylic acids is 1. The van der Waals surface area contributed by atoms with E-state index in [2.05, 4.69) is 9.59 Å². The molecule has 0 aliphatic rings. The summed E-state index contributed by atoms with van der Waals surface area (Å²) in [6.45, 7) is 3.33. The van der Waals surface area contributed by atoms with Crippen LogP contribution in [-0.2, 0) is 11.2 Å². The summed E-state index contributed by atoms with van der Waals surface area (Å²) in [6.07, 6.45) is 0.604. The summed E-state index contributed by atoms with van der Waals surface area (Å²) >= 11 is 0.994. The largest absolute Gasteiger partial charge is 0.480 e. The maximum atomic E-state index is 11.9. The number of carbonyl (C=O) groups excluding carboxylic acids is 1. The molecule has 1 heterocycles. The lowest BCUT2D eigenvalue weighted by atomic mass is 10.2. The van der Waals surface area contributed by atoms with Gasteiger partial charge in [-0.3, -0.25) is 4.79 Å². The standard InChI is InChI=1S/C9H13N3O3S/c1-4-6-7(16-11-10-6)8(13)12(3)5(2)9(14)15/h5H,4H2,1-3H3,(H,14,15). The zero-order valence-electron chi connectivity index (χ0n) is 9.30. The molecule has 88 valence electrons. The highest BCUT2D eigenvalue weighted by Crippen LogP contribution is 2.14. The quantitative estimate of drug-likeness (QED) is 0.839. The first kappa shape index (κ1) is 12.6. The lowest BCUT2D eigenvalue weighted by molar-refractivity contribution is -0.141. The number of carboxylic acid groups (broad SMARTS) is 1. The second-order valence-electron chi connectivity index (χ2n) is 3.33. The summed E-state index contributed by atoms with van der Waals surface area (Å²) < 4.78 is 3.70. The van der Waals surface area contributed by atoms with Crippen molar-refractivity contribution in [3.63, 3.8) is 0 Å². The molecule has 1 aromatic heterocycles. The van der Waals surface area contributed by atoms with Gasteiger partial charge in [0, 0.05) is 7.05 Å². The average molecular weight is 243 g/mol. The Morgan fingerprint density at radius 2 is 2.19 bits per heavy atom. The Morgan fingerprint density at radius 3 is 2.69 bits per heavy atom. The van der Waals surface area contributed by atoms with Gasteiger partial charge in [-0.15, -0.1) is 5.10 Å². The highest BCUT2D eigenvalue weighted by Gasteiger charge is 2.26. The number of hydrogen-bond donors (Lipinski definition) is 1. The number of likely N-dealkylation sites (N-methyl/N-ethyl adjacent to an activating group) is 1. The van der Waals surface area contributed by atoms with Crippen LogP contribution in [0.25, 0.3) is 0 Å². The Morgan fingerprint density at radius 1 is 1.56 bits per heavy atom. The van der Waals surface area contributed by atoms with E-state index in [1.165, 1.54) is 18.9 Å². The summed E-state index contributed by atoms with van der Waals surface area (Å²) in [4.78, 5) is 24.3. The van der Waals surface area contributed by atoms with Crippen molar-refractivity contribution >= 4 is 23.4 Å². The Labute approximate surface area is 97.1 Å². The van der Waals surface area contributed by atoms with Gasteiger partial charge in [0.2, 0.25) is 0 Å². The highest BCUT2D eigenvalue weighted by molar-refractivity contribution is 7.08. The molecule has 1 amide bonds.